The third-order valence-electron chi connectivity index (χ3n) is 4.73. The molecule has 0 aromatic carbocycles. The van der Waals surface area contributed by atoms with E-state index >= 15 is 0 Å². The van der Waals surface area contributed by atoms with Crippen molar-refractivity contribution >= 4 is 5.91 Å². The van der Waals surface area contributed by atoms with E-state index in [4.69, 9.17) is 5.11 Å². The Balaban J connectivity index is 1.58. The van der Waals surface area contributed by atoms with Crippen LogP contribution in [0.2, 0.25) is 0 Å². The van der Waals surface area contributed by atoms with Gasteiger partial charge in [-0.05, 0) is 18.9 Å². The molecule has 0 aliphatic carbocycles. The van der Waals surface area contributed by atoms with Crippen LogP contribution in [0.15, 0.2) is 6.07 Å². The molecule has 3 heterocycles. The molecular formula is C16H26N4O3. The van der Waals surface area contributed by atoms with E-state index in [0.717, 1.165) is 38.2 Å². The van der Waals surface area contributed by atoms with Crippen LogP contribution in [0.1, 0.15) is 43.2 Å². The van der Waals surface area contributed by atoms with Gasteiger partial charge in [0, 0.05) is 26.2 Å². The number of amides is 1. The number of aliphatic hydroxyl groups excluding tert-OH is 2. The molecule has 3 rings (SSSR count). The van der Waals surface area contributed by atoms with E-state index in [9.17, 15) is 9.90 Å². The third kappa shape index (κ3) is 3.91. The van der Waals surface area contributed by atoms with Gasteiger partial charge in [0.1, 0.15) is 6.10 Å². The average molecular weight is 322 g/mol. The molecule has 0 unspecified atom stereocenters. The fourth-order valence-electron chi connectivity index (χ4n) is 3.35. The first-order valence-electron chi connectivity index (χ1n) is 8.53. The van der Waals surface area contributed by atoms with Gasteiger partial charge in [0.25, 0.3) is 0 Å². The predicted molar refractivity (Wildman–Crippen MR) is 84.6 cm³/mol. The number of hydrogen-bond acceptors (Lipinski definition) is 5. The molecule has 2 N–H and O–H groups in total. The van der Waals surface area contributed by atoms with Gasteiger partial charge in [0.2, 0.25) is 5.91 Å². The lowest BCUT2D eigenvalue weighted by atomic mass is 10.2. The molecular weight excluding hydrogens is 296 g/mol. The molecule has 7 heteroatoms. The molecule has 0 saturated carbocycles. The van der Waals surface area contributed by atoms with Crippen LogP contribution in [0.4, 0.5) is 0 Å². The van der Waals surface area contributed by atoms with Crippen molar-refractivity contribution in [1.82, 2.24) is 19.6 Å². The van der Waals surface area contributed by atoms with E-state index in [-0.39, 0.29) is 12.5 Å². The monoisotopic (exact) mass is 322 g/mol. The fourth-order valence-corrected chi connectivity index (χ4v) is 3.35. The van der Waals surface area contributed by atoms with E-state index in [1.165, 1.54) is 12.8 Å². The van der Waals surface area contributed by atoms with Crippen molar-refractivity contribution in [2.24, 2.45) is 0 Å². The number of likely N-dealkylation sites (tertiary alicyclic amines) is 1. The summed E-state index contributed by atoms with van der Waals surface area (Å²) in [5.41, 5.74) is 1.49. The molecule has 1 atom stereocenters. The summed E-state index contributed by atoms with van der Waals surface area (Å²) in [7, 11) is 0. The minimum atomic E-state index is -0.930. The first-order chi connectivity index (χ1) is 11.2. The van der Waals surface area contributed by atoms with Crippen molar-refractivity contribution in [2.75, 3.05) is 32.8 Å². The molecule has 7 nitrogen and oxygen atoms in total. The summed E-state index contributed by atoms with van der Waals surface area (Å²) >= 11 is 0. The second-order valence-corrected chi connectivity index (χ2v) is 6.49. The highest BCUT2D eigenvalue weighted by Gasteiger charge is 2.24. The predicted octanol–water partition coefficient (Wildman–Crippen LogP) is 0.127. The van der Waals surface area contributed by atoms with Gasteiger partial charge in [0.05, 0.1) is 31.1 Å². The Hall–Kier alpha value is -1.44. The molecule has 1 aromatic heterocycles. The highest BCUT2D eigenvalue weighted by atomic mass is 16.3. The van der Waals surface area contributed by atoms with Crippen molar-refractivity contribution < 1.29 is 15.0 Å². The summed E-state index contributed by atoms with van der Waals surface area (Å²) < 4.78 is 1.86. The van der Waals surface area contributed by atoms with Gasteiger partial charge in [-0.15, -0.1) is 0 Å². The number of fused-ring (bicyclic) bond motifs is 1. The van der Waals surface area contributed by atoms with Crippen LogP contribution in [0.25, 0.3) is 0 Å². The van der Waals surface area contributed by atoms with E-state index < -0.39 is 6.10 Å². The van der Waals surface area contributed by atoms with Crippen LogP contribution >= 0.6 is 0 Å². The Morgan fingerprint density at radius 3 is 2.61 bits per heavy atom. The maximum atomic E-state index is 12.5. The van der Waals surface area contributed by atoms with Crippen LogP contribution < -0.4 is 0 Å². The first kappa shape index (κ1) is 16.4. The van der Waals surface area contributed by atoms with Crippen molar-refractivity contribution in [2.45, 2.75) is 44.9 Å². The Labute approximate surface area is 136 Å². The quantitative estimate of drug-likeness (QED) is 0.823. The number of carbonyl (C=O) groups excluding carboxylic acids is 1. The van der Waals surface area contributed by atoms with Gasteiger partial charge in [-0.1, -0.05) is 12.8 Å². The third-order valence-corrected chi connectivity index (χ3v) is 4.73. The van der Waals surface area contributed by atoms with Crippen LogP contribution in [0, 0.1) is 0 Å². The summed E-state index contributed by atoms with van der Waals surface area (Å²) in [6.45, 7) is 4.04. The number of hydrogen-bond donors (Lipinski definition) is 2. The SMILES string of the molecule is O=C(CN1CCn2nc([C@H](O)CO)cc2C1)N1CCCCCC1. The van der Waals surface area contributed by atoms with Gasteiger partial charge >= 0.3 is 0 Å². The van der Waals surface area contributed by atoms with Crippen molar-refractivity contribution in [1.29, 1.82) is 0 Å². The van der Waals surface area contributed by atoms with Gasteiger partial charge in [-0.25, -0.2) is 0 Å². The molecule has 2 aliphatic rings. The Kier molecular flexibility index (Phi) is 5.30. The zero-order valence-electron chi connectivity index (χ0n) is 13.5. The molecule has 0 radical (unpaired) electrons. The Morgan fingerprint density at radius 2 is 1.91 bits per heavy atom. The molecule has 1 saturated heterocycles. The summed E-state index contributed by atoms with van der Waals surface area (Å²) in [6, 6.07) is 1.82. The molecule has 23 heavy (non-hydrogen) atoms. The van der Waals surface area contributed by atoms with Crippen LogP contribution in [-0.4, -0.2) is 68.5 Å². The van der Waals surface area contributed by atoms with Gasteiger partial charge in [0.15, 0.2) is 0 Å². The molecule has 0 spiro atoms. The van der Waals surface area contributed by atoms with Crippen LogP contribution in [-0.2, 0) is 17.9 Å². The standard InChI is InChI=1S/C16H26N4O3/c21-12-15(22)14-9-13-10-18(7-8-20(13)17-14)11-16(23)19-5-3-1-2-4-6-19/h9,15,21-22H,1-8,10-12H2/t15-/m1/s1. The topological polar surface area (TPSA) is 81.8 Å². The second-order valence-electron chi connectivity index (χ2n) is 6.49. The molecule has 2 aliphatic heterocycles. The zero-order chi connectivity index (χ0) is 16.2. The summed E-state index contributed by atoms with van der Waals surface area (Å²) in [6.07, 6.45) is 3.74. The van der Waals surface area contributed by atoms with Gasteiger partial charge < -0.3 is 15.1 Å². The first-order valence-corrected chi connectivity index (χ1v) is 8.53. The highest BCUT2D eigenvalue weighted by Crippen LogP contribution is 2.18. The van der Waals surface area contributed by atoms with Gasteiger partial charge in [-0.3, -0.25) is 14.4 Å². The number of rotatable bonds is 4. The number of carbonyl (C=O) groups is 1. The molecule has 1 fully saturated rings. The minimum Gasteiger partial charge on any atom is -0.393 e. The summed E-state index contributed by atoms with van der Waals surface area (Å²) in [5, 5.41) is 23.0. The Morgan fingerprint density at radius 1 is 1.17 bits per heavy atom. The average Bonchev–Trinajstić information content (AvgIpc) is 2.79. The summed E-state index contributed by atoms with van der Waals surface area (Å²) in [4.78, 5) is 16.6. The van der Waals surface area contributed by atoms with Crippen molar-refractivity contribution in [3.63, 3.8) is 0 Å². The van der Waals surface area contributed by atoms with Gasteiger partial charge in [-0.2, -0.15) is 5.10 Å². The Bertz CT molecular complexity index is 537. The van der Waals surface area contributed by atoms with E-state index in [2.05, 4.69) is 10.00 Å². The molecule has 128 valence electrons. The number of nitrogens with zero attached hydrogens (tertiary/aromatic N) is 4. The molecule has 0 bridgehead atoms. The van der Waals surface area contributed by atoms with Crippen molar-refractivity contribution in [3.8, 4) is 0 Å². The smallest absolute Gasteiger partial charge is 0.236 e. The lowest BCUT2D eigenvalue weighted by molar-refractivity contribution is -0.132. The van der Waals surface area contributed by atoms with Crippen LogP contribution in [0.5, 0.6) is 0 Å². The van der Waals surface area contributed by atoms with E-state index in [0.29, 0.717) is 25.3 Å². The highest BCUT2D eigenvalue weighted by molar-refractivity contribution is 5.78. The normalized spacial score (nSPS) is 20.9. The fraction of sp³-hybridized carbons (Fsp3) is 0.750. The maximum Gasteiger partial charge on any atom is 0.236 e. The lowest BCUT2D eigenvalue weighted by Crippen LogP contribution is -2.43. The minimum absolute atomic E-state index is 0.218. The molecule has 1 aromatic rings. The number of aromatic nitrogens is 2. The maximum absolute atomic E-state index is 12.5. The van der Waals surface area contributed by atoms with E-state index in [1.54, 1.807) is 0 Å². The van der Waals surface area contributed by atoms with Crippen molar-refractivity contribution in [3.05, 3.63) is 17.5 Å². The zero-order valence-corrected chi connectivity index (χ0v) is 13.5. The van der Waals surface area contributed by atoms with E-state index in [1.807, 2.05) is 15.6 Å². The largest absolute Gasteiger partial charge is 0.393 e. The molecule has 1 amide bonds. The summed E-state index contributed by atoms with van der Waals surface area (Å²) in [5.74, 6) is 0.218. The lowest BCUT2D eigenvalue weighted by Gasteiger charge is -2.29. The number of aliphatic hydroxyl groups is 2. The van der Waals surface area contributed by atoms with Crippen LogP contribution in [0.3, 0.4) is 0 Å². The second kappa shape index (κ2) is 7.42.